The lowest BCUT2D eigenvalue weighted by molar-refractivity contribution is -0.140. The van der Waals surface area contributed by atoms with Crippen LogP contribution >= 0.6 is 0 Å². The Morgan fingerprint density at radius 2 is 1.83 bits per heavy atom. The summed E-state index contributed by atoms with van der Waals surface area (Å²) in [5, 5.41) is 11.1. The highest BCUT2D eigenvalue weighted by molar-refractivity contribution is 6.46. The highest BCUT2D eigenvalue weighted by Crippen LogP contribution is 2.41. The molecule has 2 aromatic rings. The Balaban J connectivity index is 2.20. The molecule has 3 rings (SSSR count). The summed E-state index contributed by atoms with van der Waals surface area (Å²) < 4.78 is 18.9. The SMILES string of the molecule is COc1ccc(C)cc1/C(O)=C1\C(=O)C(=O)N(CCN(C)C)C1c1ccc(F)cc1. The number of benzene rings is 2. The maximum absolute atomic E-state index is 13.5. The monoisotopic (exact) mass is 412 g/mol. The van der Waals surface area contributed by atoms with E-state index in [4.69, 9.17) is 4.74 Å². The van der Waals surface area contributed by atoms with E-state index in [1.165, 1.54) is 36.3 Å². The van der Waals surface area contributed by atoms with Crippen LogP contribution in [0.4, 0.5) is 4.39 Å². The number of hydrogen-bond acceptors (Lipinski definition) is 5. The number of carbonyl (C=O) groups excluding carboxylic acids is 2. The minimum Gasteiger partial charge on any atom is -0.507 e. The molecule has 6 nitrogen and oxygen atoms in total. The molecule has 158 valence electrons. The normalized spacial score (nSPS) is 18.3. The number of aryl methyl sites for hydroxylation is 1. The maximum atomic E-state index is 13.5. The number of likely N-dealkylation sites (N-methyl/N-ethyl adjacent to an activating group) is 1. The second kappa shape index (κ2) is 8.67. The first-order valence-electron chi connectivity index (χ1n) is 9.58. The second-order valence-corrected chi connectivity index (χ2v) is 7.55. The number of halogens is 1. The van der Waals surface area contributed by atoms with Crippen molar-refractivity contribution in [3.05, 3.63) is 70.5 Å². The third-order valence-corrected chi connectivity index (χ3v) is 5.12. The molecule has 1 atom stereocenters. The Bertz CT molecular complexity index is 999. The van der Waals surface area contributed by atoms with Crippen molar-refractivity contribution >= 4 is 17.4 Å². The Hall–Kier alpha value is -3.19. The summed E-state index contributed by atoms with van der Waals surface area (Å²) in [5.41, 5.74) is 1.70. The molecule has 30 heavy (non-hydrogen) atoms. The summed E-state index contributed by atoms with van der Waals surface area (Å²) in [4.78, 5) is 29.1. The Labute approximate surface area is 175 Å². The van der Waals surface area contributed by atoms with Crippen LogP contribution in [0.25, 0.3) is 5.76 Å². The van der Waals surface area contributed by atoms with Gasteiger partial charge in [-0.15, -0.1) is 0 Å². The second-order valence-electron chi connectivity index (χ2n) is 7.55. The van der Waals surface area contributed by atoms with E-state index in [1.807, 2.05) is 32.0 Å². The van der Waals surface area contributed by atoms with Crippen molar-refractivity contribution < 1.29 is 23.8 Å². The van der Waals surface area contributed by atoms with Crippen LogP contribution in [0.15, 0.2) is 48.0 Å². The number of methoxy groups -OCH3 is 1. The molecule has 1 N–H and O–H groups in total. The van der Waals surface area contributed by atoms with Crippen LogP contribution in [0.5, 0.6) is 5.75 Å². The van der Waals surface area contributed by atoms with Crippen LogP contribution in [0.1, 0.15) is 22.7 Å². The minimum atomic E-state index is -0.823. The highest BCUT2D eigenvalue weighted by Gasteiger charge is 2.46. The van der Waals surface area contributed by atoms with E-state index in [0.29, 0.717) is 23.4 Å². The lowest BCUT2D eigenvalue weighted by Crippen LogP contribution is -2.35. The van der Waals surface area contributed by atoms with Crippen molar-refractivity contribution in [3.8, 4) is 5.75 Å². The Kier molecular flexibility index (Phi) is 6.22. The first-order chi connectivity index (χ1) is 14.2. The number of likely N-dealkylation sites (tertiary alicyclic amines) is 1. The van der Waals surface area contributed by atoms with Crippen molar-refractivity contribution in [3.63, 3.8) is 0 Å². The van der Waals surface area contributed by atoms with Gasteiger partial charge < -0.3 is 19.6 Å². The predicted molar refractivity (Wildman–Crippen MR) is 112 cm³/mol. The molecule has 0 saturated carbocycles. The van der Waals surface area contributed by atoms with Crippen molar-refractivity contribution in [1.82, 2.24) is 9.80 Å². The number of hydrogen-bond donors (Lipinski definition) is 1. The van der Waals surface area contributed by atoms with Crippen molar-refractivity contribution in [2.45, 2.75) is 13.0 Å². The molecule has 1 fully saturated rings. The average molecular weight is 412 g/mol. The van der Waals surface area contributed by atoms with Crippen LogP contribution in [-0.4, -0.2) is 60.9 Å². The summed E-state index contributed by atoms with van der Waals surface area (Å²) in [5.74, 6) is -1.82. The summed E-state index contributed by atoms with van der Waals surface area (Å²) in [6, 6.07) is 9.98. The summed E-state index contributed by atoms with van der Waals surface area (Å²) in [6.07, 6.45) is 0. The van der Waals surface area contributed by atoms with E-state index < -0.39 is 23.5 Å². The first-order valence-corrected chi connectivity index (χ1v) is 9.58. The van der Waals surface area contributed by atoms with E-state index in [1.54, 1.807) is 12.1 Å². The summed E-state index contributed by atoms with van der Waals surface area (Å²) in [6.45, 7) is 2.66. The number of ketones is 1. The topological polar surface area (TPSA) is 70.1 Å². The molecular formula is C23H25FN2O4. The lowest BCUT2D eigenvalue weighted by atomic mass is 9.94. The molecule has 0 aliphatic carbocycles. The van der Waals surface area contributed by atoms with Gasteiger partial charge >= 0.3 is 0 Å². The molecule has 0 radical (unpaired) electrons. The largest absolute Gasteiger partial charge is 0.507 e. The van der Waals surface area contributed by atoms with Crippen LogP contribution in [0.3, 0.4) is 0 Å². The van der Waals surface area contributed by atoms with Crippen LogP contribution in [0, 0.1) is 12.7 Å². The lowest BCUT2D eigenvalue weighted by Gasteiger charge is -2.26. The summed E-state index contributed by atoms with van der Waals surface area (Å²) >= 11 is 0. The van der Waals surface area contributed by atoms with Crippen LogP contribution in [0.2, 0.25) is 0 Å². The number of nitrogens with zero attached hydrogens (tertiary/aromatic N) is 2. The van der Waals surface area contributed by atoms with Gasteiger partial charge in [-0.05, 0) is 50.8 Å². The standard InChI is InChI=1S/C23H25FN2O4/c1-14-5-10-18(30-4)17(13-14)21(27)19-20(15-6-8-16(24)9-7-15)26(12-11-25(2)3)23(29)22(19)28/h5-10,13,20,27H,11-12H2,1-4H3/b21-19+. The van der Waals surface area contributed by atoms with Gasteiger partial charge in [-0.3, -0.25) is 9.59 Å². The zero-order chi connectivity index (χ0) is 22.0. The van der Waals surface area contributed by atoms with Crippen molar-refractivity contribution in [1.29, 1.82) is 0 Å². The molecule has 1 aliphatic rings. The Morgan fingerprint density at radius 3 is 2.43 bits per heavy atom. The van der Waals surface area contributed by atoms with Crippen molar-refractivity contribution in [2.24, 2.45) is 0 Å². The molecule has 1 aliphatic heterocycles. The van der Waals surface area contributed by atoms with Gasteiger partial charge in [0, 0.05) is 13.1 Å². The van der Waals surface area contributed by atoms with Gasteiger partial charge in [0.15, 0.2) is 0 Å². The number of amides is 1. The fourth-order valence-corrected chi connectivity index (χ4v) is 3.56. The zero-order valence-corrected chi connectivity index (χ0v) is 17.5. The van der Waals surface area contributed by atoms with Gasteiger partial charge in [-0.1, -0.05) is 23.8 Å². The van der Waals surface area contributed by atoms with Gasteiger partial charge in [-0.2, -0.15) is 0 Å². The van der Waals surface area contributed by atoms with E-state index >= 15 is 0 Å². The molecule has 1 unspecified atom stereocenters. The fourth-order valence-electron chi connectivity index (χ4n) is 3.56. The predicted octanol–water partition coefficient (Wildman–Crippen LogP) is 3.13. The van der Waals surface area contributed by atoms with Crippen LogP contribution < -0.4 is 4.74 Å². The fraction of sp³-hybridized carbons (Fsp3) is 0.304. The molecular weight excluding hydrogens is 387 g/mol. The quantitative estimate of drug-likeness (QED) is 0.449. The van der Waals surface area contributed by atoms with E-state index in [2.05, 4.69) is 0 Å². The molecule has 0 spiro atoms. The van der Waals surface area contributed by atoms with Gasteiger partial charge in [0.25, 0.3) is 11.7 Å². The number of Topliss-reactive ketones (excluding diaryl/α,β-unsaturated/α-hetero) is 1. The third-order valence-electron chi connectivity index (χ3n) is 5.12. The number of aliphatic hydroxyl groups excluding tert-OH is 1. The van der Waals surface area contributed by atoms with E-state index in [0.717, 1.165) is 5.56 Å². The van der Waals surface area contributed by atoms with Crippen LogP contribution in [-0.2, 0) is 9.59 Å². The van der Waals surface area contributed by atoms with Gasteiger partial charge in [0.2, 0.25) is 0 Å². The number of rotatable bonds is 6. The molecule has 1 heterocycles. The number of ether oxygens (including phenoxy) is 1. The highest BCUT2D eigenvalue weighted by atomic mass is 19.1. The molecule has 2 aromatic carbocycles. The van der Waals surface area contributed by atoms with E-state index in [9.17, 15) is 19.1 Å². The number of carbonyl (C=O) groups is 2. The van der Waals surface area contributed by atoms with Crippen molar-refractivity contribution in [2.75, 3.05) is 34.3 Å². The smallest absolute Gasteiger partial charge is 0.295 e. The Morgan fingerprint density at radius 1 is 1.17 bits per heavy atom. The van der Waals surface area contributed by atoms with Gasteiger partial charge in [0.05, 0.1) is 24.3 Å². The molecule has 0 bridgehead atoms. The maximum Gasteiger partial charge on any atom is 0.295 e. The third kappa shape index (κ3) is 4.07. The summed E-state index contributed by atoms with van der Waals surface area (Å²) in [7, 11) is 5.19. The molecule has 7 heteroatoms. The van der Waals surface area contributed by atoms with E-state index in [-0.39, 0.29) is 17.9 Å². The number of aliphatic hydroxyl groups is 1. The minimum absolute atomic E-state index is 0.0331. The molecule has 1 saturated heterocycles. The molecule has 1 amide bonds. The van der Waals surface area contributed by atoms with Gasteiger partial charge in [-0.25, -0.2) is 4.39 Å². The first kappa shape index (κ1) is 21.5. The molecule has 0 aromatic heterocycles. The average Bonchev–Trinajstić information content (AvgIpc) is 2.97. The van der Waals surface area contributed by atoms with Gasteiger partial charge in [0.1, 0.15) is 17.3 Å². The zero-order valence-electron chi connectivity index (χ0n) is 17.5.